The van der Waals surface area contributed by atoms with E-state index in [4.69, 9.17) is 5.73 Å². The summed E-state index contributed by atoms with van der Waals surface area (Å²) in [4.78, 5) is 2.41. The maximum atomic E-state index is 6.74. The van der Waals surface area contributed by atoms with Gasteiger partial charge >= 0.3 is 0 Å². The Labute approximate surface area is 209 Å². The van der Waals surface area contributed by atoms with Gasteiger partial charge in [0.15, 0.2) is 0 Å². The van der Waals surface area contributed by atoms with Gasteiger partial charge in [0.2, 0.25) is 0 Å². The van der Waals surface area contributed by atoms with Crippen molar-refractivity contribution in [3.05, 3.63) is 133 Å². The van der Waals surface area contributed by atoms with Crippen molar-refractivity contribution < 1.29 is 0 Å². The van der Waals surface area contributed by atoms with Crippen LogP contribution in [0.4, 0.5) is 22.7 Å². The maximum absolute atomic E-state index is 6.74. The number of nitrogen functional groups attached to an aromatic ring is 1. The average molecular weight is 460 g/mol. The predicted molar refractivity (Wildman–Crippen MR) is 154 cm³/mol. The van der Waals surface area contributed by atoms with Crippen LogP contribution >= 0.6 is 0 Å². The lowest BCUT2D eigenvalue weighted by molar-refractivity contribution is 1.34. The summed E-state index contributed by atoms with van der Waals surface area (Å²) in [6.45, 7) is 0. The molecule has 169 valence electrons. The number of nitrogens with zero attached hydrogens (tertiary/aromatic N) is 1. The van der Waals surface area contributed by atoms with Crippen LogP contribution in [-0.4, -0.2) is 0 Å². The van der Waals surface area contributed by atoms with E-state index in [-0.39, 0.29) is 0 Å². The van der Waals surface area contributed by atoms with Gasteiger partial charge in [0.05, 0.1) is 17.1 Å². The van der Waals surface area contributed by atoms with E-state index in [0.717, 1.165) is 44.3 Å². The molecule has 0 saturated carbocycles. The quantitative estimate of drug-likeness (QED) is 0.162. The lowest BCUT2D eigenvalue weighted by Gasteiger charge is -2.31. The van der Waals surface area contributed by atoms with Crippen molar-refractivity contribution in [3.63, 3.8) is 0 Å². The summed E-state index contributed by atoms with van der Waals surface area (Å²) in [5, 5.41) is 8.96. The Balaban J connectivity index is 1.71. The van der Waals surface area contributed by atoms with E-state index in [1.54, 1.807) is 0 Å². The van der Waals surface area contributed by atoms with Crippen LogP contribution in [0.15, 0.2) is 127 Å². The average Bonchev–Trinajstić information content (AvgIpc) is 2.95. The molecule has 0 aliphatic rings. The molecule has 0 bridgehead atoms. The van der Waals surface area contributed by atoms with E-state index in [2.05, 4.69) is 126 Å². The van der Waals surface area contributed by atoms with Gasteiger partial charge in [-0.1, -0.05) is 115 Å². The van der Waals surface area contributed by atoms with Crippen LogP contribution in [-0.2, 0) is 0 Å². The molecule has 0 fully saturated rings. The second kappa shape index (κ2) is 8.14. The molecule has 0 atom stereocenters. The maximum Gasteiger partial charge on any atom is 0.0626 e. The molecule has 2 heteroatoms. The highest BCUT2D eigenvalue weighted by Gasteiger charge is 2.23. The Kier molecular flexibility index (Phi) is 4.65. The van der Waals surface area contributed by atoms with Crippen LogP contribution in [0.2, 0.25) is 0 Å². The van der Waals surface area contributed by atoms with Crippen molar-refractivity contribution in [1.82, 2.24) is 0 Å². The zero-order chi connectivity index (χ0) is 24.1. The van der Waals surface area contributed by atoms with E-state index in [1.807, 2.05) is 12.1 Å². The van der Waals surface area contributed by atoms with E-state index in [1.165, 1.54) is 21.5 Å². The van der Waals surface area contributed by atoms with Gasteiger partial charge in [-0.3, -0.25) is 0 Å². The summed E-state index contributed by atoms with van der Waals surface area (Å²) in [6.07, 6.45) is 0. The smallest absolute Gasteiger partial charge is 0.0626 e. The number of anilines is 4. The van der Waals surface area contributed by atoms with Gasteiger partial charge in [0.1, 0.15) is 0 Å². The number of benzene rings is 7. The van der Waals surface area contributed by atoms with E-state index >= 15 is 0 Å². The molecule has 36 heavy (non-hydrogen) atoms. The Morgan fingerprint density at radius 3 is 1.61 bits per heavy atom. The van der Waals surface area contributed by atoms with Gasteiger partial charge in [-0.05, 0) is 29.0 Å². The highest BCUT2D eigenvalue weighted by atomic mass is 15.1. The molecule has 7 rings (SSSR count). The third-order valence-corrected chi connectivity index (χ3v) is 7.09. The first-order chi connectivity index (χ1) is 17.8. The highest BCUT2D eigenvalue weighted by Crippen LogP contribution is 2.48. The topological polar surface area (TPSA) is 29.3 Å². The molecule has 7 aromatic rings. The predicted octanol–water partition coefficient (Wildman–Crippen LogP) is 9.15. The molecular formula is C34H23N2. The fourth-order valence-electron chi connectivity index (χ4n) is 5.47. The van der Waals surface area contributed by atoms with E-state index < -0.39 is 0 Å². The number of nitrogens with two attached hydrogens (primary N) is 1. The Hall–Kier alpha value is -4.82. The Morgan fingerprint density at radius 2 is 0.972 bits per heavy atom. The molecule has 0 aliphatic carbocycles. The molecule has 0 saturated heterocycles. The van der Waals surface area contributed by atoms with Gasteiger partial charge < -0.3 is 10.6 Å². The van der Waals surface area contributed by atoms with Gasteiger partial charge in [-0.15, -0.1) is 0 Å². The van der Waals surface area contributed by atoms with E-state index in [0.29, 0.717) is 0 Å². The Morgan fingerprint density at radius 1 is 0.472 bits per heavy atom. The lowest BCUT2D eigenvalue weighted by atomic mass is 9.96. The van der Waals surface area contributed by atoms with Crippen LogP contribution in [0, 0.1) is 6.07 Å². The third-order valence-electron chi connectivity index (χ3n) is 7.09. The normalized spacial score (nSPS) is 11.4. The largest absolute Gasteiger partial charge is 0.398 e. The standard InChI is InChI=1S/C34H23N2/c35-33-27-17-5-7-19-29(27)34(30-20-8-6-18-28(30)33)36(31-21-9-13-23-11-1-3-15-25(23)31)32-22-10-14-24-12-2-4-16-26(24)32/h1-19,21-22H,35H2. The van der Waals surface area contributed by atoms with Crippen molar-refractivity contribution in [2.75, 3.05) is 10.6 Å². The monoisotopic (exact) mass is 459 g/mol. The second-order valence-electron chi connectivity index (χ2n) is 9.10. The number of rotatable bonds is 3. The summed E-state index contributed by atoms with van der Waals surface area (Å²) in [6, 6.07) is 48.3. The van der Waals surface area contributed by atoms with Crippen molar-refractivity contribution in [2.24, 2.45) is 0 Å². The van der Waals surface area contributed by atoms with Gasteiger partial charge in [0, 0.05) is 38.0 Å². The van der Waals surface area contributed by atoms with Crippen molar-refractivity contribution in [1.29, 1.82) is 0 Å². The van der Waals surface area contributed by atoms with E-state index in [9.17, 15) is 0 Å². The molecule has 0 heterocycles. The van der Waals surface area contributed by atoms with Gasteiger partial charge in [-0.2, -0.15) is 0 Å². The zero-order valence-electron chi connectivity index (χ0n) is 19.6. The zero-order valence-corrected chi connectivity index (χ0v) is 19.6. The minimum Gasteiger partial charge on any atom is -0.398 e. The molecule has 0 spiro atoms. The van der Waals surface area contributed by atoms with Crippen LogP contribution < -0.4 is 10.6 Å². The first-order valence-electron chi connectivity index (χ1n) is 12.2. The molecule has 0 amide bonds. The highest BCUT2D eigenvalue weighted by molar-refractivity contribution is 6.22. The number of fused-ring (bicyclic) bond motifs is 4. The summed E-state index contributed by atoms with van der Waals surface area (Å²) < 4.78 is 0. The van der Waals surface area contributed by atoms with Crippen molar-refractivity contribution in [2.45, 2.75) is 0 Å². The summed E-state index contributed by atoms with van der Waals surface area (Å²) >= 11 is 0. The Bertz CT molecular complexity index is 1770. The summed E-state index contributed by atoms with van der Waals surface area (Å²) in [5.41, 5.74) is 10.9. The molecule has 2 nitrogen and oxygen atoms in total. The fourth-order valence-corrected chi connectivity index (χ4v) is 5.47. The van der Waals surface area contributed by atoms with Crippen LogP contribution in [0.5, 0.6) is 0 Å². The lowest BCUT2D eigenvalue weighted by Crippen LogP contribution is -2.12. The first-order valence-corrected chi connectivity index (χ1v) is 12.2. The van der Waals surface area contributed by atoms with Gasteiger partial charge in [-0.25, -0.2) is 0 Å². The second-order valence-corrected chi connectivity index (χ2v) is 9.10. The third kappa shape index (κ3) is 3.05. The molecule has 7 aromatic carbocycles. The molecule has 0 unspecified atom stereocenters. The van der Waals surface area contributed by atoms with Crippen LogP contribution in [0.25, 0.3) is 43.1 Å². The molecule has 0 aliphatic heterocycles. The van der Waals surface area contributed by atoms with Gasteiger partial charge in [0.25, 0.3) is 0 Å². The molecule has 0 aromatic heterocycles. The molecular weight excluding hydrogens is 436 g/mol. The summed E-state index contributed by atoms with van der Waals surface area (Å²) in [5.74, 6) is 0. The first kappa shape index (κ1) is 20.5. The molecule has 2 N–H and O–H groups in total. The SMILES string of the molecule is Nc1c2ccc[c]c2c(N(c2cccc3ccccc23)c2cccc3ccccc23)c2ccccc12. The summed E-state index contributed by atoms with van der Waals surface area (Å²) in [7, 11) is 0. The van der Waals surface area contributed by atoms with Crippen molar-refractivity contribution >= 4 is 65.8 Å². The minimum atomic E-state index is 0.789. The fraction of sp³-hybridized carbons (Fsp3) is 0. The van der Waals surface area contributed by atoms with Crippen LogP contribution in [0.3, 0.4) is 0 Å². The van der Waals surface area contributed by atoms with Crippen LogP contribution in [0.1, 0.15) is 0 Å². The minimum absolute atomic E-state index is 0.789. The molecule has 1 radical (unpaired) electrons. The number of hydrogen-bond acceptors (Lipinski definition) is 2. The van der Waals surface area contributed by atoms with Crippen molar-refractivity contribution in [3.8, 4) is 0 Å². The number of hydrogen-bond donors (Lipinski definition) is 1.